The Balaban J connectivity index is 2.22. The number of ether oxygens (including phenoxy) is 1. The largest absolute Gasteiger partial charge is 0.377 e. The van der Waals surface area contributed by atoms with Crippen molar-refractivity contribution in [3.63, 3.8) is 0 Å². The van der Waals surface area contributed by atoms with Crippen molar-refractivity contribution < 1.29 is 8.95 Å². The van der Waals surface area contributed by atoms with E-state index in [4.69, 9.17) is 4.74 Å². The molecule has 1 aliphatic heterocycles. The van der Waals surface area contributed by atoms with Gasteiger partial charge in [-0.05, 0) is 33.6 Å². The highest BCUT2D eigenvalue weighted by Gasteiger charge is 2.22. The fourth-order valence-electron chi connectivity index (χ4n) is 1.19. The van der Waals surface area contributed by atoms with Crippen LogP contribution >= 0.6 is 0 Å². The molecule has 1 rings (SSSR count). The van der Waals surface area contributed by atoms with Crippen LogP contribution in [0.4, 0.5) is 0 Å². The van der Waals surface area contributed by atoms with Crippen LogP contribution in [0.3, 0.4) is 0 Å². The van der Waals surface area contributed by atoms with Gasteiger partial charge in [0.15, 0.2) is 0 Å². The molecule has 1 unspecified atom stereocenters. The first-order valence-corrected chi connectivity index (χ1v) is 5.92. The van der Waals surface area contributed by atoms with Gasteiger partial charge in [-0.25, -0.2) is 8.93 Å². The molecule has 0 aromatic heterocycles. The van der Waals surface area contributed by atoms with Crippen molar-refractivity contribution in [3.8, 4) is 0 Å². The Morgan fingerprint density at radius 2 is 2.23 bits per heavy atom. The summed E-state index contributed by atoms with van der Waals surface area (Å²) in [5.74, 6) is 0. The third kappa shape index (κ3) is 3.75. The van der Waals surface area contributed by atoms with Gasteiger partial charge in [0.1, 0.15) is 0 Å². The molecule has 0 bridgehead atoms. The van der Waals surface area contributed by atoms with E-state index in [1.54, 1.807) is 0 Å². The highest BCUT2D eigenvalue weighted by Crippen LogP contribution is 2.13. The first-order valence-electron chi connectivity index (χ1n) is 4.77. The minimum atomic E-state index is -0.963. The standard InChI is InChI=1S/C9H19NO2S/c1-9(2,3)13(11)10-7-8-5-4-6-12-8/h8,10H,4-7H2,1-3H3/t8-,13?/m0/s1. The number of nitrogens with one attached hydrogen (secondary N) is 1. The van der Waals surface area contributed by atoms with Gasteiger partial charge in [0, 0.05) is 13.2 Å². The summed E-state index contributed by atoms with van der Waals surface area (Å²) in [5.41, 5.74) is 0. The molecular formula is C9H19NO2S. The van der Waals surface area contributed by atoms with Gasteiger partial charge in [-0.2, -0.15) is 0 Å². The minimum Gasteiger partial charge on any atom is -0.377 e. The SMILES string of the molecule is CC(C)(C)S(=O)NC[C@@H]1CCCO1. The first kappa shape index (κ1) is 11.1. The van der Waals surface area contributed by atoms with Crippen LogP contribution in [0.1, 0.15) is 33.6 Å². The highest BCUT2D eigenvalue weighted by molar-refractivity contribution is 7.84. The van der Waals surface area contributed by atoms with E-state index < -0.39 is 11.0 Å². The maximum atomic E-state index is 11.6. The smallest absolute Gasteiger partial charge is 0.0971 e. The summed E-state index contributed by atoms with van der Waals surface area (Å²) in [5, 5.41) is 0. The van der Waals surface area contributed by atoms with E-state index in [1.165, 1.54) is 0 Å². The van der Waals surface area contributed by atoms with Crippen LogP contribution in [-0.4, -0.2) is 28.2 Å². The molecule has 0 saturated carbocycles. The zero-order valence-electron chi connectivity index (χ0n) is 8.63. The summed E-state index contributed by atoms with van der Waals surface area (Å²) in [6.45, 7) is 7.46. The monoisotopic (exact) mass is 205 g/mol. The molecule has 0 aliphatic carbocycles. The molecule has 1 aliphatic rings. The van der Waals surface area contributed by atoms with E-state index in [0.29, 0.717) is 6.54 Å². The Morgan fingerprint density at radius 1 is 1.54 bits per heavy atom. The molecule has 3 nitrogen and oxygen atoms in total. The second-order valence-electron chi connectivity index (χ2n) is 4.36. The molecule has 0 amide bonds. The van der Waals surface area contributed by atoms with Crippen LogP contribution in [0.5, 0.6) is 0 Å². The van der Waals surface area contributed by atoms with Crippen molar-refractivity contribution in [2.75, 3.05) is 13.2 Å². The maximum absolute atomic E-state index is 11.6. The Kier molecular flexibility index (Phi) is 3.88. The zero-order valence-corrected chi connectivity index (χ0v) is 9.45. The molecule has 0 aromatic rings. The van der Waals surface area contributed by atoms with E-state index in [0.717, 1.165) is 19.4 Å². The lowest BCUT2D eigenvalue weighted by Crippen LogP contribution is -2.37. The number of rotatable bonds is 3. The van der Waals surface area contributed by atoms with Crippen LogP contribution in [0, 0.1) is 0 Å². The third-order valence-corrected chi connectivity index (χ3v) is 3.56. The topological polar surface area (TPSA) is 38.3 Å². The molecule has 0 spiro atoms. The maximum Gasteiger partial charge on any atom is 0.0971 e. The van der Waals surface area contributed by atoms with Crippen molar-refractivity contribution in [2.45, 2.75) is 44.5 Å². The average molecular weight is 205 g/mol. The molecule has 0 radical (unpaired) electrons. The fourth-order valence-corrected chi connectivity index (χ4v) is 1.96. The van der Waals surface area contributed by atoms with E-state index >= 15 is 0 Å². The minimum absolute atomic E-state index is 0.182. The van der Waals surface area contributed by atoms with Gasteiger partial charge in [0.05, 0.1) is 21.8 Å². The Hall–Kier alpha value is 0.0700. The second-order valence-corrected chi connectivity index (χ2v) is 6.42. The lowest BCUT2D eigenvalue weighted by molar-refractivity contribution is 0.114. The molecule has 1 fully saturated rings. The molecule has 1 N–H and O–H groups in total. The molecule has 1 heterocycles. The predicted molar refractivity (Wildman–Crippen MR) is 54.9 cm³/mol. The van der Waals surface area contributed by atoms with Crippen molar-refractivity contribution in [2.24, 2.45) is 0 Å². The first-order chi connectivity index (χ1) is 6.00. The lowest BCUT2D eigenvalue weighted by Gasteiger charge is -2.19. The Bertz CT molecular complexity index is 183. The van der Waals surface area contributed by atoms with Gasteiger partial charge in [0.25, 0.3) is 0 Å². The summed E-state index contributed by atoms with van der Waals surface area (Å²) in [6.07, 6.45) is 2.49. The number of hydrogen-bond donors (Lipinski definition) is 1. The predicted octanol–water partition coefficient (Wildman–Crippen LogP) is 1.22. The summed E-state index contributed by atoms with van der Waals surface area (Å²) in [4.78, 5) is 0. The Labute approximate surface area is 82.8 Å². The van der Waals surface area contributed by atoms with E-state index in [2.05, 4.69) is 4.72 Å². The van der Waals surface area contributed by atoms with Gasteiger partial charge >= 0.3 is 0 Å². The molecule has 2 atom stereocenters. The summed E-state index contributed by atoms with van der Waals surface area (Å²) in [7, 11) is -0.963. The molecular weight excluding hydrogens is 186 g/mol. The van der Waals surface area contributed by atoms with E-state index in [1.807, 2.05) is 20.8 Å². The van der Waals surface area contributed by atoms with E-state index in [-0.39, 0.29) is 10.9 Å². The van der Waals surface area contributed by atoms with Gasteiger partial charge in [-0.1, -0.05) is 0 Å². The second kappa shape index (κ2) is 4.53. The summed E-state index contributed by atoms with van der Waals surface area (Å²) < 4.78 is 19.8. The van der Waals surface area contributed by atoms with Gasteiger partial charge in [-0.15, -0.1) is 0 Å². The van der Waals surface area contributed by atoms with Crippen molar-refractivity contribution in [3.05, 3.63) is 0 Å². The highest BCUT2D eigenvalue weighted by atomic mass is 32.2. The third-order valence-electron chi connectivity index (χ3n) is 2.02. The molecule has 1 saturated heterocycles. The normalized spacial score (nSPS) is 26.2. The zero-order chi connectivity index (χ0) is 9.90. The Morgan fingerprint density at radius 3 is 2.69 bits per heavy atom. The number of hydrogen-bond acceptors (Lipinski definition) is 2. The van der Waals surface area contributed by atoms with Crippen LogP contribution in [0.2, 0.25) is 0 Å². The average Bonchev–Trinajstić information content (AvgIpc) is 2.50. The van der Waals surface area contributed by atoms with Crippen molar-refractivity contribution in [1.29, 1.82) is 0 Å². The molecule has 0 aromatic carbocycles. The fraction of sp³-hybridized carbons (Fsp3) is 1.00. The molecule has 78 valence electrons. The van der Waals surface area contributed by atoms with Gasteiger partial charge in [-0.3, -0.25) is 0 Å². The van der Waals surface area contributed by atoms with Crippen molar-refractivity contribution >= 4 is 11.0 Å². The molecule has 4 heteroatoms. The van der Waals surface area contributed by atoms with Gasteiger partial charge < -0.3 is 4.74 Å². The quantitative estimate of drug-likeness (QED) is 0.752. The van der Waals surface area contributed by atoms with Crippen molar-refractivity contribution in [1.82, 2.24) is 4.72 Å². The summed E-state index contributed by atoms with van der Waals surface area (Å²) >= 11 is 0. The van der Waals surface area contributed by atoms with Gasteiger partial charge in [0.2, 0.25) is 0 Å². The van der Waals surface area contributed by atoms with Crippen LogP contribution in [-0.2, 0) is 15.7 Å². The van der Waals surface area contributed by atoms with Crippen LogP contribution in [0.25, 0.3) is 0 Å². The van der Waals surface area contributed by atoms with E-state index in [9.17, 15) is 4.21 Å². The molecule has 13 heavy (non-hydrogen) atoms. The summed E-state index contributed by atoms with van der Waals surface area (Å²) in [6, 6.07) is 0. The van der Waals surface area contributed by atoms with Crippen LogP contribution in [0.15, 0.2) is 0 Å². The van der Waals surface area contributed by atoms with Crippen LogP contribution < -0.4 is 4.72 Å². The lowest BCUT2D eigenvalue weighted by atomic mass is 10.2.